The van der Waals surface area contributed by atoms with Crippen molar-refractivity contribution in [1.29, 1.82) is 0 Å². The Morgan fingerprint density at radius 3 is 2.81 bits per heavy atom. The van der Waals surface area contributed by atoms with Crippen molar-refractivity contribution in [3.05, 3.63) is 36.0 Å². The first kappa shape index (κ1) is 10.9. The van der Waals surface area contributed by atoms with Crippen molar-refractivity contribution in [2.24, 2.45) is 0 Å². The normalized spacial score (nSPS) is 10.6. The van der Waals surface area contributed by atoms with E-state index in [1.165, 1.54) is 16.3 Å². The van der Waals surface area contributed by atoms with Gasteiger partial charge in [-0.3, -0.25) is 0 Å². The minimum absolute atomic E-state index is 0.975. The van der Waals surface area contributed by atoms with Gasteiger partial charge in [0.05, 0.1) is 0 Å². The lowest BCUT2D eigenvalue weighted by atomic mass is 10.1. The highest BCUT2D eigenvalue weighted by Gasteiger charge is 2.02. The van der Waals surface area contributed by atoms with Gasteiger partial charge in [0.1, 0.15) is 5.82 Å². The number of pyridine rings is 1. The molecule has 0 aliphatic carbocycles. The van der Waals surface area contributed by atoms with Crippen molar-refractivity contribution in [3.63, 3.8) is 0 Å². The standard InChI is InChI=1S/C14H18N2/c1-3-8-15-14-13-10-11(4-2)5-6-12(13)7-9-16-14/h5-7,9-10H,3-4,8H2,1-2H3,(H,15,16). The summed E-state index contributed by atoms with van der Waals surface area (Å²) in [6.07, 6.45) is 4.05. The molecule has 0 saturated heterocycles. The van der Waals surface area contributed by atoms with Gasteiger partial charge in [0.25, 0.3) is 0 Å². The molecule has 1 aromatic heterocycles. The molecule has 84 valence electrons. The topological polar surface area (TPSA) is 24.9 Å². The molecular weight excluding hydrogens is 196 g/mol. The molecule has 0 bridgehead atoms. The molecule has 0 radical (unpaired) electrons. The Balaban J connectivity index is 2.46. The summed E-state index contributed by atoms with van der Waals surface area (Å²) in [7, 11) is 0. The molecule has 2 heteroatoms. The predicted molar refractivity (Wildman–Crippen MR) is 69.9 cm³/mol. The van der Waals surface area contributed by atoms with Crippen LogP contribution in [0.15, 0.2) is 30.5 Å². The van der Waals surface area contributed by atoms with Crippen LogP contribution < -0.4 is 5.32 Å². The van der Waals surface area contributed by atoms with E-state index in [4.69, 9.17) is 0 Å². The Kier molecular flexibility index (Phi) is 3.40. The van der Waals surface area contributed by atoms with Crippen molar-refractivity contribution >= 4 is 16.6 Å². The maximum Gasteiger partial charge on any atom is 0.133 e. The number of nitrogens with one attached hydrogen (secondary N) is 1. The van der Waals surface area contributed by atoms with E-state index in [9.17, 15) is 0 Å². The summed E-state index contributed by atoms with van der Waals surface area (Å²) in [5.74, 6) is 1.01. The van der Waals surface area contributed by atoms with E-state index < -0.39 is 0 Å². The zero-order chi connectivity index (χ0) is 11.4. The van der Waals surface area contributed by atoms with Crippen molar-refractivity contribution in [2.45, 2.75) is 26.7 Å². The second-order valence-electron chi connectivity index (χ2n) is 4.00. The highest BCUT2D eigenvalue weighted by Crippen LogP contribution is 2.22. The van der Waals surface area contributed by atoms with E-state index >= 15 is 0 Å². The summed E-state index contributed by atoms with van der Waals surface area (Å²) < 4.78 is 0. The van der Waals surface area contributed by atoms with Gasteiger partial charge in [-0.1, -0.05) is 26.0 Å². The van der Waals surface area contributed by atoms with E-state index in [1.54, 1.807) is 0 Å². The Labute approximate surface area is 96.7 Å². The van der Waals surface area contributed by atoms with Gasteiger partial charge in [-0.15, -0.1) is 0 Å². The summed E-state index contributed by atoms with van der Waals surface area (Å²) in [6, 6.07) is 8.66. The zero-order valence-corrected chi connectivity index (χ0v) is 9.96. The van der Waals surface area contributed by atoms with Crippen LogP contribution >= 0.6 is 0 Å². The molecule has 2 aromatic rings. The summed E-state index contributed by atoms with van der Waals surface area (Å²) in [6.45, 7) is 5.31. The van der Waals surface area contributed by atoms with Crippen LogP contribution in [0.5, 0.6) is 0 Å². The highest BCUT2D eigenvalue weighted by atomic mass is 15.0. The number of fused-ring (bicyclic) bond motifs is 1. The molecule has 0 atom stereocenters. The molecule has 2 rings (SSSR count). The van der Waals surface area contributed by atoms with Crippen molar-refractivity contribution in [3.8, 4) is 0 Å². The first-order chi connectivity index (χ1) is 7.85. The van der Waals surface area contributed by atoms with Crippen molar-refractivity contribution in [1.82, 2.24) is 4.98 Å². The second-order valence-corrected chi connectivity index (χ2v) is 4.00. The fraction of sp³-hybridized carbons (Fsp3) is 0.357. The molecule has 1 aromatic carbocycles. The number of aromatic nitrogens is 1. The van der Waals surface area contributed by atoms with E-state index in [2.05, 4.69) is 48.4 Å². The maximum absolute atomic E-state index is 4.41. The van der Waals surface area contributed by atoms with Crippen LogP contribution in [0.3, 0.4) is 0 Å². The Morgan fingerprint density at radius 1 is 1.19 bits per heavy atom. The molecule has 0 fully saturated rings. The van der Waals surface area contributed by atoms with Crippen LogP contribution in [0.25, 0.3) is 10.8 Å². The average molecular weight is 214 g/mol. The predicted octanol–water partition coefficient (Wildman–Crippen LogP) is 3.62. The molecule has 0 unspecified atom stereocenters. The van der Waals surface area contributed by atoms with Crippen LogP contribution in [-0.2, 0) is 6.42 Å². The molecule has 0 amide bonds. The Hall–Kier alpha value is -1.57. The Bertz CT molecular complexity index is 477. The molecule has 1 N–H and O–H groups in total. The maximum atomic E-state index is 4.41. The van der Waals surface area contributed by atoms with E-state index in [1.807, 2.05) is 6.20 Å². The third-order valence-corrected chi connectivity index (χ3v) is 2.78. The lowest BCUT2D eigenvalue weighted by Crippen LogP contribution is -2.02. The molecule has 1 heterocycles. The molecule has 16 heavy (non-hydrogen) atoms. The number of rotatable bonds is 4. The number of hydrogen-bond acceptors (Lipinski definition) is 2. The lowest BCUT2D eigenvalue weighted by molar-refractivity contribution is 0.972. The largest absolute Gasteiger partial charge is 0.370 e. The molecule has 0 spiro atoms. The smallest absolute Gasteiger partial charge is 0.133 e. The summed E-state index contributed by atoms with van der Waals surface area (Å²) in [5, 5.41) is 5.86. The highest BCUT2D eigenvalue weighted by molar-refractivity contribution is 5.92. The van der Waals surface area contributed by atoms with Gasteiger partial charge >= 0.3 is 0 Å². The number of hydrogen-bond donors (Lipinski definition) is 1. The first-order valence-corrected chi connectivity index (χ1v) is 5.96. The fourth-order valence-electron chi connectivity index (χ4n) is 1.82. The Morgan fingerprint density at radius 2 is 2.06 bits per heavy atom. The number of anilines is 1. The van der Waals surface area contributed by atoms with E-state index in [0.717, 1.165) is 25.2 Å². The summed E-state index contributed by atoms with van der Waals surface area (Å²) in [4.78, 5) is 4.41. The van der Waals surface area contributed by atoms with Crippen LogP contribution in [0, 0.1) is 0 Å². The van der Waals surface area contributed by atoms with Crippen LogP contribution in [-0.4, -0.2) is 11.5 Å². The number of benzene rings is 1. The SMILES string of the molecule is CCCNc1nccc2ccc(CC)cc12. The van der Waals surface area contributed by atoms with Gasteiger partial charge in [0.2, 0.25) is 0 Å². The quantitative estimate of drug-likeness (QED) is 0.840. The molecule has 0 aliphatic rings. The summed E-state index contributed by atoms with van der Waals surface area (Å²) >= 11 is 0. The molecule has 0 aliphatic heterocycles. The van der Waals surface area contributed by atoms with Crippen LogP contribution in [0.4, 0.5) is 5.82 Å². The molecule has 2 nitrogen and oxygen atoms in total. The van der Waals surface area contributed by atoms with Gasteiger partial charge < -0.3 is 5.32 Å². The van der Waals surface area contributed by atoms with Gasteiger partial charge in [0, 0.05) is 18.1 Å². The van der Waals surface area contributed by atoms with Crippen molar-refractivity contribution < 1.29 is 0 Å². The summed E-state index contributed by atoms with van der Waals surface area (Å²) in [5.41, 5.74) is 1.36. The van der Waals surface area contributed by atoms with Crippen LogP contribution in [0.2, 0.25) is 0 Å². The van der Waals surface area contributed by atoms with Crippen LogP contribution in [0.1, 0.15) is 25.8 Å². The third-order valence-electron chi connectivity index (χ3n) is 2.78. The van der Waals surface area contributed by atoms with E-state index in [0.29, 0.717) is 0 Å². The number of nitrogens with zero attached hydrogens (tertiary/aromatic N) is 1. The van der Waals surface area contributed by atoms with E-state index in [-0.39, 0.29) is 0 Å². The molecular formula is C14H18N2. The minimum atomic E-state index is 0.975. The average Bonchev–Trinajstić information content (AvgIpc) is 2.35. The third kappa shape index (κ3) is 2.16. The van der Waals surface area contributed by atoms with Gasteiger partial charge in [0.15, 0.2) is 0 Å². The molecule has 0 saturated carbocycles. The van der Waals surface area contributed by atoms with Gasteiger partial charge in [-0.05, 0) is 35.9 Å². The van der Waals surface area contributed by atoms with Crippen molar-refractivity contribution in [2.75, 3.05) is 11.9 Å². The second kappa shape index (κ2) is 4.97. The van der Waals surface area contributed by atoms with Gasteiger partial charge in [-0.2, -0.15) is 0 Å². The minimum Gasteiger partial charge on any atom is -0.370 e. The first-order valence-electron chi connectivity index (χ1n) is 5.96. The zero-order valence-electron chi connectivity index (χ0n) is 9.96. The lowest BCUT2D eigenvalue weighted by Gasteiger charge is -2.08. The van der Waals surface area contributed by atoms with Gasteiger partial charge in [-0.25, -0.2) is 4.98 Å². The fourth-order valence-corrected chi connectivity index (χ4v) is 1.82. The number of aryl methyl sites for hydroxylation is 1. The monoisotopic (exact) mass is 214 g/mol.